The SMILES string of the molecule is CCCCC1C[C@H]1OCC. The molecule has 0 saturated heterocycles. The van der Waals surface area contributed by atoms with Gasteiger partial charge in [-0.15, -0.1) is 0 Å². The molecule has 10 heavy (non-hydrogen) atoms. The van der Waals surface area contributed by atoms with Crippen molar-refractivity contribution in [1.82, 2.24) is 0 Å². The van der Waals surface area contributed by atoms with Gasteiger partial charge in [0.15, 0.2) is 0 Å². The third-order valence-electron chi connectivity index (χ3n) is 2.17. The van der Waals surface area contributed by atoms with Gasteiger partial charge in [-0.2, -0.15) is 0 Å². The Labute approximate surface area is 63.8 Å². The summed E-state index contributed by atoms with van der Waals surface area (Å²) in [4.78, 5) is 0. The molecule has 0 aromatic heterocycles. The van der Waals surface area contributed by atoms with Gasteiger partial charge in [0, 0.05) is 6.61 Å². The Morgan fingerprint density at radius 1 is 1.40 bits per heavy atom. The second-order valence-electron chi connectivity index (χ2n) is 3.13. The summed E-state index contributed by atoms with van der Waals surface area (Å²) in [6.07, 6.45) is 6.06. The van der Waals surface area contributed by atoms with Gasteiger partial charge in [0.25, 0.3) is 0 Å². The summed E-state index contributed by atoms with van der Waals surface area (Å²) in [7, 11) is 0. The van der Waals surface area contributed by atoms with Gasteiger partial charge in [-0.3, -0.25) is 0 Å². The van der Waals surface area contributed by atoms with Crippen LogP contribution < -0.4 is 0 Å². The van der Waals surface area contributed by atoms with Gasteiger partial charge in [0.1, 0.15) is 0 Å². The maximum Gasteiger partial charge on any atom is 0.0607 e. The van der Waals surface area contributed by atoms with Gasteiger partial charge in [-0.05, 0) is 25.7 Å². The van der Waals surface area contributed by atoms with E-state index >= 15 is 0 Å². The first-order valence-electron chi connectivity index (χ1n) is 4.50. The first kappa shape index (κ1) is 8.06. The van der Waals surface area contributed by atoms with Crippen LogP contribution in [0.2, 0.25) is 0 Å². The molecular weight excluding hydrogens is 124 g/mol. The number of ether oxygens (including phenoxy) is 1. The second-order valence-corrected chi connectivity index (χ2v) is 3.13. The minimum Gasteiger partial charge on any atom is -0.378 e. The highest BCUT2D eigenvalue weighted by Gasteiger charge is 2.36. The van der Waals surface area contributed by atoms with Crippen LogP contribution in [0.15, 0.2) is 0 Å². The molecule has 1 nitrogen and oxygen atoms in total. The normalized spacial score (nSPS) is 30.6. The Morgan fingerprint density at radius 2 is 2.20 bits per heavy atom. The molecule has 0 aromatic rings. The summed E-state index contributed by atoms with van der Waals surface area (Å²) in [5.41, 5.74) is 0. The lowest BCUT2D eigenvalue weighted by Gasteiger charge is -1.97. The van der Waals surface area contributed by atoms with E-state index in [4.69, 9.17) is 4.74 Å². The van der Waals surface area contributed by atoms with Gasteiger partial charge in [-0.25, -0.2) is 0 Å². The van der Waals surface area contributed by atoms with Crippen molar-refractivity contribution in [2.75, 3.05) is 6.61 Å². The van der Waals surface area contributed by atoms with Crippen molar-refractivity contribution in [1.29, 1.82) is 0 Å². The first-order valence-corrected chi connectivity index (χ1v) is 4.50. The smallest absolute Gasteiger partial charge is 0.0607 e. The van der Waals surface area contributed by atoms with E-state index in [2.05, 4.69) is 13.8 Å². The fourth-order valence-corrected chi connectivity index (χ4v) is 1.41. The largest absolute Gasteiger partial charge is 0.378 e. The standard InChI is InChI=1S/C9H18O/c1-3-5-6-8-7-9(8)10-4-2/h8-9H,3-7H2,1-2H3/t8?,9-/m1/s1. The van der Waals surface area contributed by atoms with Crippen LogP contribution in [0, 0.1) is 5.92 Å². The quantitative estimate of drug-likeness (QED) is 0.573. The zero-order valence-electron chi connectivity index (χ0n) is 7.10. The zero-order chi connectivity index (χ0) is 7.40. The molecule has 2 atom stereocenters. The summed E-state index contributed by atoms with van der Waals surface area (Å²) >= 11 is 0. The van der Waals surface area contributed by atoms with Gasteiger partial charge in [-0.1, -0.05) is 19.8 Å². The predicted octanol–water partition coefficient (Wildman–Crippen LogP) is 2.60. The van der Waals surface area contributed by atoms with E-state index in [9.17, 15) is 0 Å². The van der Waals surface area contributed by atoms with Crippen LogP contribution in [-0.4, -0.2) is 12.7 Å². The maximum atomic E-state index is 5.46. The molecule has 1 heteroatoms. The van der Waals surface area contributed by atoms with Crippen molar-refractivity contribution in [2.24, 2.45) is 5.92 Å². The van der Waals surface area contributed by atoms with Crippen molar-refractivity contribution in [3.63, 3.8) is 0 Å². The van der Waals surface area contributed by atoms with Crippen LogP contribution in [0.25, 0.3) is 0 Å². The van der Waals surface area contributed by atoms with Crippen LogP contribution >= 0.6 is 0 Å². The molecule has 0 radical (unpaired) electrons. The number of rotatable bonds is 5. The summed E-state index contributed by atoms with van der Waals surface area (Å²) in [5.74, 6) is 0.917. The Bertz CT molecular complexity index is 90.7. The Balaban J connectivity index is 1.92. The van der Waals surface area contributed by atoms with E-state index in [0.717, 1.165) is 12.5 Å². The molecule has 0 heterocycles. The van der Waals surface area contributed by atoms with Crippen molar-refractivity contribution in [2.45, 2.75) is 45.6 Å². The van der Waals surface area contributed by atoms with E-state index in [1.807, 2.05) is 0 Å². The van der Waals surface area contributed by atoms with E-state index in [1.54, 1.807) is 0 Å². The number of hydrogen-bond donors (Lipinski definition) is 0. The minimum atomic E-state index is 0.636. The van der Waals surface area contributed by atoms with Gasteiger partial charge >= 0.3 is 0 Å². The van der Waals surface area contributed by atoms with Gasteiger partial charge in [0.2, 0.25) is 0 Å². The molecule has 1 fully saturated rings. The maximum absolute atomic E-state index is 5.46. The van der Waals surface area contributed by atoms with Crippen LogP contribution in [-0.2, 0) is 4.74 Å². The molecule has 0 N–H and O–H groups in total. The zero-order valence-corrected chi connectivity index (χ0v) is 7.10. The van der Waals surface area contributed by atoms with Crippen LogP contribution in [0.1, 0.15) is 39.5 Å². The fraction of sp³-hybridized carbons (Fsp3) is 1.00. The van der Waals surface area contributed by atoms with Crippen LogP contribution in [0.3, 0.4) is 0 Å². The third-order valence-corrected chi connectivity index (χ3v) is 2.17. The van der Waals surface area contributed by atoms with Crippen molar-refractivity contribution >= 4 is 0 Å². The van der Waals surface area contributed by atoms with Crippen LogP contribution in [0.4, 0.5) is 0 Å². The lowest BCUT2D eigenvalue weighted by molar-refractivity contribution is 0.120. The van der Waals surface area contributed by atoms with Crippen LogP contribution in [0.5, 0.6) is 0 Å². The molecule has 1 unspecified atom stereocenters. The molecule has 1 rings (SSSR count). The summed E-state index contributed by atoms with van der Waals surface area (Å²) in [5, 5.41) is 0. The topological polar surface area (TPSA) is 9.23 Å². The highest BCUT2D eigenvalue weighted by atomic mass is 16.5. The average molecular weight is 142 g/mol. The summed E-state index contributed by atoms with van der Waals surface area (Å²) in [6.45, 7) is 5.22. The molecular formula is C9H18O. The first-order chi connectivity index (χ1) is 4.88. The second kappa shape index (κ2) is 3.97. The van der Waals surface area contributed by atoms with Crippen molar-refractivity contribution < 1.29 is 4.74 Å². The average Bonchev–Trinajstić information content (AvgIpc) is 2.65. The lowest BCUT2D eigenvalue weighted by atomic mass is 10.2. The minimum absolute atomic E-state index is 0.636. The fourth-order valence-electron chi connectivity index (χ4n) is 1.41. The van der Waals surface area contributed by atoms with E-state index < -0.39 is 0 Å². The van der Waals surface area contributed by atoms with E-state index in [-0.39, 0.29) is 0 Å². The Morgan fingerprint density at radius 3 is 2.80 bits per heavy atom. The Kier molecular flexibility index (Phi) is 3.20. The summed E-state index contributed by atoms with van der Waals surface area (Å²) in [6, 6.07) is 0. The molecule has 1 aliphatic rings. The monoisotopic (exact) mass is 142 g/mol. The van der Waals surface area contributed by atoms with E-state index in [0.29, 0.717) is 6.10 Å². The number of hydrogen-bond acceptors (Lipinski definition) is 1. The van der Waals surface area contributed by atoms with Crippen molar-refractivity contribution in [3.05, 3.63) is 0 Å². The molecule has 0 aliphatic heterocycles. The molecule has 0 spiro atoms. The van der Waals surface area contributed by atoms with E-state index in [1.165, 1.54) is 25.7 Å². The number of unbranched alkanes of at least 4 members (excludes halogenated alkanes) is 1. The molecule has 1 saturated carbocycles. The molecule has 1 aliphatic carbocycles. The highest BCUT2D eigenvalue weighted by Crippen LogP contribution is 2.37. The summed E-state index contributed by atoms with van der Waals surface area (Å²) < 4.78 is 5.46. The lowest BCUT2D eigenvalue weighted by Crippen LogP contribution is -1.95. The predicted molar refractivity (Wildman–Crippen MR) is 43.0 cm³/mol. The highest BCUT2D eigenvalue weighted by molar-refractivity contribution is 4.87. The van der Waals surface area contributed by atoms with Crippen molar-refractivity contribution in [3.8, 4) is 0 Å². The molecule has 0 bridgehead atoms. The Hall–Kier alpha value is -0.0400. The van der Waals surface area contributed by atoms with Gasteiger partial charge in [0.05, 0.1) is 6.10 Å². The van der Waals surface area contributed by atoms with Gasteiger partial charge < -0.3 is 4.74 Å². The molecule has 0 amide bonds. The molecule has 0 aromatic carbocycles. The third kappa shape index (κ3) is 2.30. The molecule has 60 valence electrons.